The third-order valence-electron chi connectivity index (χ3n) is 4.12. The quantitative estimate of drug-likeness (QED) is 0.817. The average molecular weight is 306 g/mol. The van der Waals surface area contributed by atoms with E-state index in [1.165, 1.54) is 24.8 Å². The van der Waals surface area contributed by atoms with Crippen molar-refractivity contribution >= 4 is 23.2 Å². The minimum Gasteiger partial charge on any atom is -0.320 e. The van der Waals surface area contributed by atoms with Crippen LogP contribution >= 0.6 is 23.2 Å². The zero-order valence-corrected chi connectivity index (χ0v) is 12.7. The summed E-state index contributed by atoms with van der Waals surface area (Å²) in [5.74, 6) is 0.751. The number of hydrogen-bond acceptors (Lipinski definition) is 1. The Labute approximate surface area is 129 Å². The van der Waals surface area contributed by atoms with E-state index in [2.05, 4.69) is 24.3 Å². The van der Waals surface area contributed by atoms with Crippen LogP contribution in [0.3, 0.4) is 0 Å². The van der Waals surface area contributed by atoms with Gasteiger partial charge in [0.2, 0.25) is 0 Å². The molecule has 0 heterocycles. The Hall–Kier alpha value is -1.02. The van der Waals surface area contributed by atoms with Crippen molar-refractivity contribution in [1.29, 1.82) is 0 Å². The van der Waals surface area contributed by atoms with E-state index in [1.54, 1.807) is 6.07 Å². The second-order valence-electron chi connectivity index (χ2n) is 5.47. The summed E-state index contributed by atoms with van der Waals surface area (Å²) in [5.41, 5.74) is 9.77. The van der Waals surface area contributed by atoms with E-state index < -0.39 is 0 Å². The molecule has 0 bridgehead atoms. The number of rotatable bonds is 3. The summed E-state index contributed by atoms with van der Waals surface area (Å²) in [6, 6.07) is 13.9. The van der Waals surface area contributed by atoms with E-state index in [9.17, 15) is 0 Å². The highest BCUT2D eigenvalue weighted by molar-refractivity contribution is 6.34. The molecule has 0 aliphatic heterocycles. The van der Waals surface area contributed by atoms with E-state index in [-0.39, 0.29) is 6.04 Å². The summed E-state index contributed by atoms with van der Waals surface area (Å²) in [5, 5.41) is 1.24. The molecule has 2 N–H and O–H groups in total. The molecule has 0 radical (unpaired) electrons. The number of halogens is 2. The predicted octanol–water partition coefficient (Wildman–Crippen LogP) is 5.31. The number of nitrogens with two attached hydrogens (primary N) is 1. The molecule has 1 unspecified atom stereocenters. The van der Waals surface area contributed by atoms with Crippen LogP contribution in [-0.2, 0) is 0 Å². The van der Waals surface area contributed by atoms with Gasteiger partial charge in [-0.05, 0) is 53.6 Å². The minimum atomic E-state index is -0.193. The molecule has 0 spiro atoms. The molecule has 1 aliphatic carbocycles. The van der Waals surface area contributed by atoms with Crippen LogP contribution in [0.1, 0.15) is 47.9 Å². The van der Waals surface area contributed by atoms with Crippen LogP contribution in [0.25, 0.3) is 0 Å². The van der Waals surface area contributed by atoms with Crippen molar-refractivity contribution < 1.29 is 0 Å². The Morgan fingerprint density at radius 1 is 0.900 bits per heavy atom. The predicted molar refractivity (Wildman–Crippen MR) is 85.5 cm³/mol. The van der Waals surface area contributed by atoms with Gasteiger partial charge in [-0.3, -0.25) is 0 Å². The van der Waals surface area contributed by atoms with Gasteiger partial charge in [0.05, 0.1) is 6.04 Å². The monoisotopic (exact) mass is 305 g/mol. The molecule has 3 heteroatoms. The fourth-order valence-corrected chi connectivity index (χ4v) is 3.21. The lowest BCUT2D eigenvalue weighted by atomic mass is 9.79. The van der Waals surface area contributed by atoms with Gasteiger partial charge >= 0.3 is 0 Å². The van der Waals surface area contributed by atoms with Crippen molar-refractivity contribution in [2.24, 2.45) is 5.73 Å². The summed E-state index contributed by atoms with van der Waals surface area (Å²) < 4.78 is 0. The van der Waals surface area contributed by atoms with Crippen molar-refractivity contribution in [3.63, 3.8) is 0 Å². The maximum Gasteiger partial charge on any atom is 0.0552 e. The molecule has 104 valence electrons. The zero-order valence-electron chi connectivity index (χ0n) is 11.2. The first-order valence-electron chi connectivity index (χ1n) is 6.95. The summed E-state index contributed by atoms with van der Waals surface area (Å²) >= 11 is 12.1. The van der Waals surface area contributed by atoms with Gasteiger partial charge in [-0.2, -0.15) is 0 Å². The molecule has 0 aromatic heterocycles. The lowest BCUT2D eigenvalue weighted by Crippen LogP contribution is -2.13. The summed E-state index contributed by atoms with van der Waals surface area (Å²) in [7, 11) is 0. The maximum absolute atomic E-state index is 6.31. The van der Waals surface area contributed by atoms with Crippen molar-refractivity contribution in [3.05, 3.63) is 69.2 Å². The molecule has 1 nitrogen and oxygen atoms in total. The molecular formula is C17H17Cl2N. The number of benzene rings is 2. The molecule has 0 saturated heterocycles. The normalized spacial score (nSPS) is 16.8. The Balaban J connectivity index is 1.83. The van der Waals surface area contributed by atoms with Crippen LogP contribution < -0.4 is 5.73 Å². The topological polar surface area (TPSA) is 26.0 Å². The Bertz CT molecular complexity index is 583. The van der Waals surface area contributed by atoms with Gasteiger partial charge in [-0.25, -0.2) is 0 Å². The van der Waals surface area contributed by atoms with Crippen molar-refractivity contribution in [3.8, 4) is 0 Å². The summed E-state index contributed by atoms with van der Waals surface area (Å²) in [6.07, 6.45) is 3.98. The largest absolute Gasteiger partial charge is 0.320 e. The van der Waals surface area contributed by atoms with Crippen molar-refractivity contribution in [2.75, 3.05) is 0 Å². The molecule has 1 aliphatic rings. The molecule has 2 aromatic rings. The van der Waals surface area contributed by atoms with E-state index >= 15 is 0 Å². The fraction of sp³-hybridized carbons (Fsp3) is 0.294. The van der Waals surface area contributed by atoms with Crippen LogP contribution in [0.15, 0.2) is 42.5 Å². The molecule has 3 rings (SSSR count). The van der Waals surface area contributed by atoms with Crippen LogP contribution in [0, 0.1) is 0 Å². The van der Waals surface area contributed by atoms with E-state index in [1.807, 2.05) is 12.1 Å². The van der Waals surface area contributed by atoms with Gasteiger partial charge in [0.15, 0.2) is 0 Å². The lowest BCUT2D eigenvalue weighted by molar-refractivity contribution is 0.419. The van der Waals surface area contributed by atoms with Gasteiger partial charge in [0, 0.05) is 10.0 Å². The summed E-state index contributed by atoms with van der Waals surface area (Å²) in [6.45, 7) is 0. The SMILES string of the molecule is NC(c1ccc(C2CCC2)cc1)c1cc(Cl)cc(Cl)c1. The number of hydrogen-bond donors (Lipinski definition) is 1. The van der Waals surface area contributed by atoms with Crippen LogP contribution in [0.5, 0.6) is 0 Å². The van der Waals surface area contributed by atoms with Crippen LogP contribution in [0.2, 0.25) is 10.0 Å². The Morgan fingerprint density at radius 2 is 1.50 bits per heavy atom. The van der Waals surface area contributed by atoms with E-state index in [0.717, 1.165) is 17.0 Å². The molecule has 20 heavy (non-hydrogen) atoms. The van der Waals surface area contributed by atoms with E-state index in [4.69, 9.17) is 28.9 Å². The molecule has 1 fully saturated rings. The fourth-order valence-electron chi connectivity index (χ4n) is 2.66. The summed E-state index contributed by atoms with van der Waals surface area (Å²) in [4.78, 5) is 0. The third-order valence-corrected chi connectivity index (χ3v) is 4.55. The van der Waals surface area contributed by atoms with Gasteiger partial charge in [0.25, 0.3) is 0 Å². The van der Waals surface area contributed by atoms with Gasteiger partial charge < -0.3 is 5.73 Å². The van der Waals surface area contributed by atoms with Gasteiger partial charge in [-0.15, -0.1) is 0 Å². The molecule has 1 saturated carbocycles. The van der Waals surface area contributed by atoms with Gasteiger partial charge in [0.1, 0.15) is 0 Å². The minimum absolute atomic E-state index is 0.193. The highest BCUT2D eigenvalue weighted by atomic mass is 35.5. The third kappa shape index (κ3) is 2.85. The second kappa shape index (κ2) is 5.77. The Morgan fingerprint density at radius 3 is 2.00 bits per heavy atom. The average Bonchev–Trinajstić information content (AvgIpc) is 2.35. The van der Waals surface area contributed by atoms with Crippen LogP contribution in [0.4, 0.5) is 0 Å². The van der Waals surface area contributed by atoms with E-state index in [0.29, 0.717) is 10.0 Å². The molecule has 0 amide bonds. The van der Waals surface area contributed by atoms with Crippen LogP contribution in [-0.4, -0.2) is 0 Å². The van der Waals surface area contributed by atoms with Gasteiger partial charge in [-0.1, -0.05) is 53.9 Å². The second-order valence-corrected chi connectivity index (χ2v) is 6.35. The highest BCUT2D eigenvalue weighted by Gasteiger charge is 2.19. The first-order valence-corrected chi connectivity index (χ1v) is 7.70. The molecular weight excluding hydrogens is 289 g/mol. The van der Waals surface area contributed by atoms with Crippen molar-refractivity contribution in [1.82, 2.24) is 0 Å². The molecule has 2 aromatic carbocycles. The first-order chi connectivity index (χ1) is 9.63. The smallest absolute Gasteiger partial charge is 0.0552 e. The molecule has 1 atom stereocenters. The standard InChI is InChI=1S/C17H17Cl2N/c18-15-8-14(9-16(19)10-15)17(20)13-6-4-12(5-7-13)11-2-1-3-11/h4-11,17H,1-3,20H2. The Kier molecular flexibility index (Phi) is 4.02. The lowest BCUT2D eigenvalue weighted by Gasteiger charge is -2.26. The highest BCUT2D eigenvalue weighted by Crippen LogP contribution is 2.36. The van der Waals surface area contributed by atoms with Crippen molar-refractivity contribution in [2.45, 2.75) is 31.2 Å². The zero-order chi connectivity index (χ0) is 14.1. The first kappa shape index (κ1) is 13.9. The maximum atomic E-state index is 6.31.